The second-order valence-corrected chi connectivity index (χ2v) is 6.85. The summed E-state index contributed by atoms with van der Waals surface area (Å²) in [6, 6.07) is 10.4. The van der Waals surface area contributed by atoms with Crippen LogP contribution in [0.3, 0.4) is 0 Å². The molecule has 2 aromatic heterocycles. The van der Waals surface area contributed by atoms with Crippen molar-refractivity contribution in [1.82, 2.24) is 20.2 Å². The van der Waals surface area contributed by atoms with Gasteiger partial charge in [-0.1, -0.05) is 0 Å². The number of carboxylic acids is 1. The van der Waals surface area contributed by atoms with Gasteiger partial charge in [-0.15, -0.1) is 16.4 Å². The Balaban J connectivity index is 2.03. The molecule has 0 spiro atoms. The van der Waals surface area contributed by atoms with Gasteiger partial charge in [0.15, 0.2) is 5.82 Å². The third-order valence-corrected chi connectivity index (χ3v) is 4.51. The fourth-order valence-electron chi connectivity index (χ4n) is 1.69. The molecule has 0 unspecified atom stereocenters. The van der Waals surface area contributed by atoms with Gasteiger partial charge in [-0.25, -0.2) is 4.79 Å². The van der Waals surface area contributed by atoms with Crippen molar-refractivity contribution in [2.24, 2.45) is 0 Å². The van der Waals surface area contributed by atoms with Crippen LogP contribution in [0.1, 0.15) is 10.4 Å². The molecule has 0 atom stereocenters. The second-order valence-electron chi connectivity index (χ2n) is 3.87. The van der Waals surface area contributed by atoms with Gasteiger partial charge in [0.2, 0.25) is 0 Å². The smallest absolute Gasteiger partial charge is 0.335 e. The van der Waals surface area contributed by atoms with Crippen LogP contribution in [-0.4, -0.2) is 31.3 Å². The number of rotatable bonds is 3. The molecule has 0 aliphatic heterocycles. The molecule has 0 saturated carbocycles. The number of thiophene rings is 1. The zero-order chi connectivity index (χ0) is 14.1. The molecule has 2 heterocycles. The number of hydrogen-bond donors (Lipinski definition) is 1. The lowest BCUT2D eigenvalue weighted by Gasteiger charge is -2.03. The number of nitrogens with zero attached hydrogens (tertiary/aromatic N) is 4. The zero-order valence-electron chi connectivity index (χ0n) is 9.89. The van der Waals surface area contributed by atoms with E-state index in [2.05, 4.69) is 38.1 Å². The Kier molecular flexibility index (Phi) is 3.49. The Labute approximate surface area is 131 Å². The first-order valence-corrected chi connectivity index (χ1v) is 7.42. The minimum Gasteiger partial charge on any atom is -0.478 e. The number of halogens is 1. The predicted molar refractivity (Wildman–Crippen MR) is 82.1 cm³/mol. The molecular weight excluding hydrogens is 391 g/mol. The topological polar surface area (TPSA) is 80.9 Å². The van der Waals surface area contributed by atoms with Gasteiger partial charge >= 0.3 is 5.97 Å². The highest BCUT2D eigenvalue weighted by Crippen LogP contribution is 2.28. The maximum atomic E-state index is 10.8. The fraction of sp³-hybridized carbons (Fsp3) is 0. The van der Waals surface area contributed by atoms with E-state index in [1.807, 2.05) is 12.1 Å². The second kappa shape index (κ2) is 5.29. The van der Waals surface area contributed by atoms with Crippen molar-refractivity contribution in [3.8, 4) is 16.4 Å². The lowest BCUT2D eigenvalue weighted by atomic mass is 10.2. The number of aromatic carboxylic acids is 1. The van der Waals surface area contributed by atoms with E-state index in [9.17, 15) is 4.79 Å². The quantitative estimate of drug-likeness (QED) is 0.687. The molecule has 1 aromatic carbocycles. The minimum absolute atomic E-state index is 0.231. The number of hydrogen-bond acceptors (Lipinski definition) is 5. The number of carbonyl (C=O) groups is 1. The van der Waals surface area contributed by atoms with E-state index in [-0.39, 0.29) is 5.56 Å². The van der Waals surface area contributed by atoms with E-state index < -0.39 is 5.97 Å². The number of carboxylic acid groups (broad SMARTS) is 1. The molecule has 8 heteroatoms. The summed E-state index contributed by atoms with van der Waals surface area (Å²) in [6.45, 7) is 0. The average Bonchev–Trinajstić information content (AvgIpc) is 3.07. The summed E-state index contributed by atoms with van der Waals surface area (Å²) in [6.07, 6.45) is 0. The molecule has 3 rings (SSSR count). The summed E-state index contributed by atoms with van der Waals surface area (Å²) < 4.78 is 2.74. The monoisotopic (exact) mass is 398 g/mol. The Bertz CT molecular complexity index is 766. The summed E-state index contributed by atoms with van der Waals surface area (Å²) in [7, 11) is 0. The van der Waals surface area contributed by atoms with E-state index in [0.717, 1.165) is 13.4 Å². The molecule has 6 nitrogen and oxygen atoms in total. The van der Waals surface area contributed by atoms with Gasteiger partial charge in [0.05, 0.1) is 19.0 Å². The van der Waals surface area contributed by atoms with Gasteiger partial charge < -0.3 is 5.11 Å². The van der Waals surface area contributed by atoms with Gasteiger partial charge in [0.1, 0.15) is 0 Å². The molecule has 3 aromatic rings. The van der Waals surface area contributed by atoms with E-state index in [0.29, 0.717) is 5.82 Å². The van der Waals surface area contributed by atoms with Gasteiger partial charge in [0, 0.05) is 0 Å². The van der Waals surface area contributed by atoms with Crippen LogP contribution >= 0.6 is 33.9 Å². The molecule has 0 fully saturated rings. The van der Waals surface area contributed by atoms with Crippen molar-refractivity contribution >= 4 is 39.9 Å². The van der Waals surface area contributed by atoms with E-state index in [1.54, 1.807) is 28.2 Å². The van der Waals surface area contributed by atoms with E-state index in [4.69, 9.17) is 5.11 Å². The third kappa shape index (κ3) is 2.43. The van der Waals surface area contributed by atoms with Crippen LogP contribution in [0.2, 0.25) is 0 Å². The van der Waals surface area contributed by atoms with Crippen molar-refractivity contribution < 1.29 is 9.90 Å². The first kappa shape index (κ1) is 13.2. The van der Waals surface area contributed by atoms with Crippen LogP contribution in [0, 0.1) is 2.88 Å². The summed E-state index contributed by atoms with van der Waals surface area (Å²) in [4.78, 5) is 11.8. The third-order valence-electron chi connectivity index (χ3n) is 2.62. The van der Waals surface area contributed by atoms with Gasteiger partial charge in [-0.3, -0.25) is 0 Å². The van der Waals surface area contributed by atoms with Crippen molar-refractivity contribution in [3.05, 3.63) is 44.8 Å². The predicted octanol–water partition coefficient (Wildman–Crippen LogP) is 2.69. The molecule has 0 aliphatic carbocycles. The molecule has 0 bridgehead atoms. The van der Waals surface area contributed by atoms with E-state index >= 15 is 0 Å². The Morgan fingerprint density at radius 1 is 1.20 bits per heavy atom. The normalized spacial score (nSPS) is 10.7. The molecule has 20 heavy (non-hydrogen) atoms. The van der Waals surface area contributed by atoms with Crippen molar-refractivity contribution in [2.45, 2.75) is 0 Å². The van der Waals surface area contributed by atoms with E-state index in [1.165, 1.54) is 12.1 Å². The fourth-order valence-corrected chi connectivity index (χ4v) is 3.29. The molecule has 0 saturated heterocycles. The Morgan fingerprint density at radius 3 is 2.55 bits per heavy atom. The van der Waals surface area contributed by atoms with Gasteiger partial charge in [0.25, 0.3) is 0 Å². The number of aromatic nitrogens is 4. The minimum atomic E-state index is -0.957. The maximum Gasteiger partial charge on any atom is 0.335 e. The molecule has 1 N–H and O–H groups in total. The zero-order valence-corrected chi connectivity index (χ0v) is 12.9. The van der Waals surface area contributed by atoms with Crippen LogP contribution in [0.15, 0.2) is 36.4 Å². The molecule has 100 valence electrons. The largest absolute Gasteiger partial charge is 0.478 e. The molecular formula is C12H7IN4O2S. The summed E-state index contributed by atoms with van der Waals surface area (Å²) >= 11 is 3.83. The van der Waals surface area contributed by atoms with Gasteiger partial charge in [-0.05, 0) is 69.4 Å². The van der Waals surface area contributed by atoms with Crippen molar-refractivity contribution in [1.29, 1.82) is 0 Å². The SMILES string of the molecule is O=C(O)c1ccc(-n2nnnc2-c2ccc(I)s2)cc1. The first-order chi connectivity index (χ1) is 9.65. The van der Waals surface area contributed by atoms with Crippen LogP contribution in [-0.2, 0) is 0 Å². The van der Waals surface area contributed by atoms with Crippen molar-refractivity contribution in [3.63, 3.8) is 0 Å². The Morgan fingerprint density at radius 2 is 1.95 bits per heavy atom. The van der Waals surface area contributed by atoms with Crippen LogP contribution in [0.5, 0.6) is 0 Å². The lowest BCUT2D eigenvalue weighted by Crippen LogP contribution is -2.01. The van der Waals surface area contributed by atoms with Crippen LogP contribution in [0.4, 0.5) is 0 Å². The molecule has 0 aliphatic rings. The number of benzene rings is 1. The average molecular weight is 398 g/mol. The molecule has 0 amide bonds. The number of tetrazole rings is 1. The van der Waals surface area contributed by atoms with Gasteiger partial charge in [-0.2, -0.15) is 4.68 Å². The van der Waals surface area contributed by atoms with Crippen LogP contribution in [0.25, 0.3) is 16.4 Å². The summed E-state index contributed by atoms with van der Waals surface area (Å²) in [5.74, 6) is -0.317. The first-order valence-electron chi connectivity index (χ1n) is 5.53. The highest BCUT2D eigenvalue weighted by Gasteiger charge is 2.13. The van der Waals surface area contributed by atoms with Crippen LogP contribution < -0.4 is 0 Å². The highest BCUT2D eigenvalue weighted by molar-refractivity contribution is 14.1. The molecule has 0 radical (unpaired) electrons. The summed E-state index contributed by atoms with van der Waals surface area (Å²) in [5, 5.41) is 20.6. The Hall–Kier alpha value is -1.81. The maximum absolute atomic E-state index is 10.8. The standard InChI is InChI=1S/C12H7IN4O2S/c13-10-6-5-9(20-10)11-14-15-16-17(11)8-3-1-7(2-4-8)12(18)19/h1-6H,(H,18,19). The lowest BCUT2D eigenvalue weighted by molar-refractivity contribution is 0.0697. The van der Waals surface area contributed by atoms with Crippen molar-refractivity contribution in [2.75, 3.05) is 0 Å². The highest BCUT2D eigenvalue weighted by atomic mass is 127. The summed E-state index contributed by atoms with van der Waals surface area (Å²) in [5.41, 5.74) is 0.951.